The quantitative estimate of drug-likeness (QED) is 0.586. The number of anilines is 2. The first-order valence-corrected chi connectivity index (χ1v) is 9.69. The van der Waals surface area contributed by atoms with Crippen molar-refractivity contribution in [2.75, 3.05) is 5.32 Å². The molecule has 0 spiro atoms. The average molecular weight is 416 g/mol. The zero-order valence-electron chi connectivity index (χ0n) is 16.3. The topological polar surface area (TPSA) is 109 Å². The number of aliphatic hydroxyl groups excluding tert-OH is 2. The van der Waals surface area contributed by atoms with Gasteiger partial charge in [-0.05, 0) is 56.0 Å². The van der Waals surface area contributed by atoms with Crippen LogP contribution >= 0.6 is 0 Å². The second kappa shape index (κ2) is 8.41. The third-order valence-electron chi connectivity index (χ3n) is 5.17. The number of alkyl halides is 2. The van der Waals surface area contributed by atoms with Gasteiger partial charge in [-0.25, -0.2) is 23.4 Å². The molecule has 0 radical (unpaired) electrons. The number of hydrogen-bond acceptors (Lipinski definition) is 7. The predicted octanol–water partition coefficient (Wildman–Crippen LogP) is 3.17. The molecule has 1 aliphatic rings. The smallest absolute Gasteiger partial charge is 0.280 e. The molecule has 2 heterocycles. The lowest BCUT2D eigenvalue weighted by molar-refractivity contribution is -0.0429. The summed E-state index contributed by atoms with van der Waals surface area (Å²) in [5.74, 6) is 0.0762. The minimum absolute atomic E-state index is 0.0762. The molecule has 2 aromatic heterocycles. The molecule has 3 atom stereocenters. The van der Waals surface area contributed by atoms with Crippen molar-refractivity contribution in [1.82, 2.24) is 25.0 Å². The van der Waals surface area contributed by atoms with E-state index >= 15 is 0 Å². The second-order valence-corrected chi connectivity index (χ2v) is 7.46. The third kappa shape index (κ3) is 4.29. The summed E-state index contributed by atoms with van der Waals surface area (Å²) in [4.78, 5) is 7.82. The summed E-state index contributed by atoms with van der Waals surface area (Å²) in [6.07, 6.45) is 0.763. The molecule has 1 fully saturated rings. The van der Waals surface area contributed by atoms with Crippen LogP contribution < -0.4 is 5.32 Å². The van der Waals surface area contributed by atoms with Crippen molar-refractivity contribution in [3.8, 4) is 11.3 Å². The van der Waals surface area contributed by atoms with Crippen LogP contribution in [-0.4, -0.2) is 47.4 Å². The van der Waals surface area contributed by atoms with Gasteiger partial charge in [0.25, 0.3) is 6.43 Å². The summed E-state index contributed by atoms with van der Waals surface area (Å²) < 4.78 is 27.3. The van der Waals surface area contributed by atoms with E-state index in [4.69, 9.17) is 0 Å². The van der Waals surface area contributed by atoms with Crippen molar-refractivity contribution in [1.29, 1.82) is 0 Å². The van der Waals surface area contributed by atoms with Crippen LogP contribution in [0.25, 0.3) is 11.3 Å². The molecule has 3 N–H and O–H groups in total. The van der Waals surface area contributed by atoms with Gasteiger partial charge in [0.1, 0.15) is 17.5 Å². The predicted molar refractivity (Wildman–Crippen MR) is 105 cm³/mol. The molecule has 1 unspecified atom stereocenters. The fourth-order valence-electron chi connectivity index (χ4n) is 3.68. The molecule has 0 amide bonds. The molecule has 4 rings (SSSR count). The highest BCUT2D eigenvalue weighted by atomic mass is 19.3. The van der Waals surface area contributed by atoms with E-state index in [9.17, 15) is 19.0 Å². The van der Waals surface area contributed by atoms with Crippen LogP contribution in [0.15, 0.2) is 36.7 Å². The third-order valence-corrected chi connectivity index (χ3v) is 5.17. The van der Waals surface area contributed by atoms with E-state index in [0.717, 1.165) is 17.5 Å². The highest BCUT2D eigenvalue weighted by Gasteiger charge is 2.32. The monoisotopic (exact) mass is 416 g/mol. The van der Waals surface area contributed by atoms with E-state index in [0.29, 0.717) is 24.2 Å². The summed E-state index contributed by atoms with van der Waals surface area (Å²) in [6.45, 7) is 1.90. The lowest BCUT2D eigenvalue weighted by Crippen LogP contribution is -2.38. The lowest BCUT2D eigenvalue weighted by Gasteiger charge is -2.31. The first-order valence-electron chi connectivity index (χ1n) is 9.69. The molecular weight excluding hydrogens is 394 g/mol. The van der Waals surface area contributed by atoms with Gasteiger partial charge in [0, 0.05) is 17.4 Å². The Morgan fingerprint density at radius 3 is 2.83 bits per heavy atom. The summed E-state index contributed by atoms with van der Waals surface area (Å²) in [5.41, 5.74) is 2.55. The molecule has 1 aromatic carbocycles. The van der Waals surface area contributed by atoms with Crippen molar-refractivity contribution in [3.63, 3.8) is 0 Å². The van der Waals surface area contributed by atoms with Crippen LogP contribution in [-0.2, 0) is 0 Å². The number of hydrogen-bond donors (Lipinski definition) is 3. The Morgan fingerprint density at radius 1 is 1.20 bits per heavy atom. The van der Waals surface area contributed by atoms with Gasteiger partial charge < -0.3 is 15.5 Å². The summed E-state index contributed by atoms with van der Waals surface area (Å²) in [7, 11) is 0. The van der Waals surface area contributed by atoms with Gasteiger partial charge in [-0.1, -0.05) is 5.21 Å². The number of aryl methyl sites for hydroxylation is 1. The van der Waals surface area contributed by atoms with Crippen molar-refractivity contribution in [3.05, 3.63) is 47.9 Å². The molecule has 3 aromatic rings. The van der Waals surface area contributed by atoms with Gasteiger partial charge in [-0.2, -0.15) is 0 Å². The average Bonchev–Trinajstić information content (AvgIpc) is 3.20. The minimum Gasteiger partial charge on any atom is -0.390 e. The van der Waals surface area contributed by atoms with E-state index in [2.05, 4.69) is 25.6 Å². The highest BCUT2D eigenvalue weighted by molar-refractivity contribution is 5.68. The molecule has 1 saturated carbocycles. The van der Waals surface area contributed by atoms with Crippen LogP contribution in [0.2, 0.25) is 0 Å². The number of aromatic nitrogens is 5. The van der Waals surface area contributed by atoms with Crippen molar-refractivity contribution in [2.45, 2.75) is 50.9 Å². The van der Waals surface area contributed by atoms with Gasteiger partial charge in [0.05, 0.1) is 18.3 Å². The fraction of sp³-hybridized carbons (Fsp3) is 0.400. The van der Waals surface area contributed by atoms with Crippen molar-refractivity contribution < 1.29 is 19.0 Å². The number of benzene rings is 1. The Kier molecular flexibility index (Phi) is 5.69. The Bertz CT molecular complexity index is 1030. The van der Waals surface area contributed by atoms with Gasteiger partial charge in [-0.3, -0.25) is 0 Å². The van der Waals surface area contributed by atoms with Crippen molar-refractivity contribution >= 4 is 11.6 Å². The number of nitrogens with one attached hydrogen (secondary N) is 1. The molecule has 158 valence electrons. The molecule has 30 heavy (non-hydrogen) atoms. The van der Waals surface area contributed by atoms with Gasteiger partial charge in [0.2, 0.25) is 5.95 Å². The Hall–Kier alpha value is -2.98. The largest absolute Gasteiger partial charge is 0.390 e. The van der Waals surface area contributed by atoms with E-state index < -0.39 is 18.6 Å². The molecule has 0 bridgehead atoms. The first-order chi connectivity index (χ1) is 14.4. The Labute approximate surface area is 171 Å². The fourth-order valence-corrected chi connectivity index (χ4v) is 3.68. The van der Waals surface area contributed by atoms with Gasteiger partial charge in [0.15, 0.2) is 0 Å². The number of halogens is 2. The van der Waals surface area contributed by atoms with E-state index in [1.165, 1.54) is 12.3 Å². The maximum Gasteiger partial charge on any atom is 0.280 e. The van der Waals surface area contributed by atoms with Crippen LogP contribution in [0.3, 0.4) is 0 Å². The Morgan fingerprint density at radius 2 is 2.03 bits per heavy atom. The molecular formula is C20H22F2N6O2. The number of aliphatic hydroxyl groups is 2. The molecule has 10 heteroatoms. The maximum atomic E-state index is 12.9. The van der Waals surface area contributed by atoms with Gasteiger partial charge >= 0.3 is 0 Å². The van der Waals surface area contributed by atoms with Crippen LogP contribution in [0.5, 0.6) is 0 Å². The minimum atomic E-state index is -2.68. The standard InChI is InChI=1S/C20H22F2N6O2/c1-11-7-12(9-13(8-11)24-20-23-6-5-14(25-20)19(21)22)15-10-28(27-26-15)16-3-2-4-17(29)18(16)30/h5-10,16-19,29-30H,2-4H2,1H3,(H,23,24,25)/t16?,17-,18+/m1/s1. The van der Waals surface area contributed by atoms with E-state index in [1.807, 2.05) is 19.1 Å². The second-order valence-electron chi connectivity index (χ2n) is 7.46. The van der Waals surface area contributed by atoms with Crippen molar-refractivity contribution in [2.24, 2.45) is 0 Å². The van der Waals surface area contributed by atoms with E-state index in [-0.39, 0.29) is 17.7 Å². The van der Waals surface area contributed by atoms with Gasteiger partial charge in [-0.15, -0.1) is 5.10 Å². The van der Waals surface area contributed by atoms with E-state index in [1.54, 1.807) is 16.9 Å². The zero-order chi connectivity index (χ0) is 21.3. The summed E-state index contributed by atoms with van der Waals surface area (Å²) in [5, 5.41) is 31.5. The van der Waals surface area contributed by atoms with Crippen LogP contribution in [0, 0.1) is 6.92 Å². The molecule has 0 aliphatic heterocycles. The Balaban J connectivity index is 1.58. The highest BCUT2D eigenvalue weighted by Crippen LogP contribution is 2.30. The first kappa shape index (κ1) is 20.3. The number of rotatable bonds is 5. The summed E-state index contributed by atoms with van der Waals surface area (Å²) >= 11 is 0. The zero-order valence-corrected chi connectivity index (χ0v) is 16.3. The van der Waals surface area contributed by atoms with Crippen LogP contribution in [0.1, 0.15) is 43.0 Å². The maximum absolute atomic E-state index is 12.9. The SMILES string of the molecule is Cc1cc(Nc2nccc(C(F)F)n2)cc(-c2cn(C3CCC[C@@H](O)[C@H]3O)nn2)c1. The normalized spacial score (nSPS) is 21.7. The molecule has 8 nitrogen and oxygen atoms in total. The lowest BCUT2D eigenvalue weighted by atomic mass is 9.90. The number of nitrogens with zero attached hydrogens (tertiary/aromatic N) is 5. The molecule has 0 saturated heterocycles. The summed E-state index contributed by atoms with van der Waals surface area (Å²) in [6, 6.07) is 6.40. The molecule has 1 aliphatic carbocycles. The van der Waals surface area contributed by atoms with Crippen LogP contribution in [0.4, 0.5) is 20.4 Å².